The molecule has 0 atom stereocenters. The number of H-pyrrole nitrogens is 1. The topological polar surface area (TPSA) is 102 Å². The van der Waals surface area contributed by atoms with Crippen molar-refractivity contribution in [3.63, 3.8) is 0 Å². The van der Waals surface area contributed by atoms with E-state index in [4.69, 9.17) is 5.73 Å². The number of hydrogen-bond acceptors (Lipinski definition) is 4. The number of aromatic amines is 1. The maximum Gasteiger partial charge on any atom is 0.333 e. The predicted molar refractivity (Wildman–Crippen MR) is 63.6 cm³/mol. The van der Waals surface area contributed by atoms with Gasteiger partial charge < -0.3 is 10.7 Å². The number of nitrogens with two attached hydrogens (primary N) is 1. The van der Waals surface area contributed by atoms with E-state index in [1.54, 1.807) is 24.3 Å². The molecule has 0 amide bonds. The number of benzene rings is 1. The fraction of sp³-hybridized carbons (Fsp3) is 0. The Kier molecular flexibility index (Phi) is 2.61. The van der Waals surface area contributed by atoms with Gasteiger partial charge in [-0.05, 0) is 23.8 Å². The quantitative estimate of drug-likeness (QED) is 0.464. The van der Waals surface area contributed by atoms with Gasteiger partial charge in [-0.15, -0.1) is 0 Å². The van der Waals surface area contributed by atoms with E-state index in [1.807, 2.05) is 0 Å². The van der Waals surface area contributed by atoms with Gasteiger partial charge in [-0.25, -0.2) is 0 Å². The van der Waals surface area contributed by atoms with Gasteiger partial charge >= 0.3 is 11.2 Å². The van der Waals surface area contributed by atoms with Crippen molar-refractivity contribution in [2.24, 2.45) is 0 Å². The van der Waals surface area contributed by atoms with E-state index in [0.717, 1.165) is 5.56 Å². The number of nitrogen functional groups attached to an aromatic ring is 1. The van der Waals surface area contributed by atoms with Crippen LogP contribution < -0.4 is 11.3 Å². The van der Waals surface area contributed by atoms with Gasteiger partial charge in [0.2, 0.25) is 0 Å². The summed E-state index contributed by atoms with van der Waals surface area (Å²) < 4.78 is 0. The van der Waals surface area contributed by atoms with E-state index in [1.165, 1.54) is 12.1 Å². The van der Waals surface area contributed by atoms with Crippen molar-refractivity contribution in [3.05, 3.63) is 56.9 Å². The zero-order valence-corrected chi connectivity index (χ0v) is 8.71. The number of rotatable bonds is 2. The van der Waals surface area contributed by atoms with Gasteiger partial charge in [0.05, 0.1) is 4.92 Å². The van der Waals surface area contributed by atoms with Crippen LogP contribution in [-0.4, -0.2) is 9.91 Å². The van der Waals surface area contributed by atoms with E-state index < -0.39 is 16.2 Å². The van der Waals surface area contributed by atoms with Gasteiger partial charge in [-0.2, -0.15) is 0 Å². The maximum absolute atomic E-state index is 11.4. The molecule has 6 heteroatoms. The standard InChI is InChI=1S/C11H9N3O3/c12-8-3-1-7(2-4-8)9-5-6-10(14(16)17)11(15)13-9/h1-6H,12H2,(H,13,15). The van der Waals surface area contributed by atoms with Gasteiger partial charge in [0, 0.05) is 17.4 Å². The maximum atomic E-state index is 11.4. The van der Waals surface area contributed by atoms with Crippen LogP contribution in [0.25, 0.3) is 11.3 Å². The molecule has 2 rings (SSSR count). The smallest absolute Gasteiger partial charge is 0.333 e. The van der Waals surface area contributed by atoms with Crippen LogP contribution in [0, 0.1) is 10.1 Å². The molecule has 0 aliphatic carbocycles. The lowest BCUT2D eigenvalue weighted by Gasteiger charge is -2.01. The minimum Gasteiger partial charge on any atom is -0.399 e. The second-order valence-corrected chi connectivity index (χ2v) is 3.47. The van der Waals surface area contributed by atoms with Gasteiger partial charge in [-0.1, -0.05) is 12.1 Å². The molecule has 0 spiro atoms. The van der Waals surface area contributed by atoms with Crippen molar-refractivity contribution < 1.29 is 4.92 Å². The summed E-state index contributed by atoms with van der Waals surface area (Å²) in [5.74, 6) is 0. The lowest BCUT2D eigenvalue weighted by atomic mass is 10.1. The summed E-state index contributed by atoms with van der Waals surface area (Å²) >= 11 is 0. The van der Waals surface area contributed by atoms with Crippen molar-refractivity contribution >= 4 is 11.4 Å². The first kappa shape index (κ1) is 10.9. The fourth-order valence-electron chi connectivity index (χ4n) is 1.44. The zero-order chi connectivity index (χ0) is 12.4. The van der Waals surface area contributed by atoms with E-state index >= 15 is 0 Å². The monoisotopic (exact) mass is 231 g/mol. The Morgan fingerprint density at radius 1 is 1.12 bits per heavy atom. The van der Waals surface area contributed by atoms with E-state index in [0.29, 0.717) is 11.4 Å². The highest BCUT2D eigenvalue weighted by atomic mass is 16.6. The number of hydrogen-bond donors (Lipinski definition) is 2. The highest BCUT2D eigenvalue weighted by molar-refractivity contribution is 5.62. The molecule has 86 valence electrons. The first-order valence-corrected chi connectivity index (χ1v) is 4.81. The number of anilines is 1. The van der Waals surface area contributed by atoms with Crippen molar-refractivity contribution in [2.75, 3.05) is 5.73 Å². The molecule has 0 aliphatic rings. The predicted octanol–water partition coefficient (Wildman–Crippen LogP) is 1.53. The van der Waals surface area contributed by atoms with Crippen molar-refractivity contribution in [3.8, 4) is 11.3 Å². The summed E-state index contributed by atoms with van der Waals surface area (Å²) in [5.41, 5.74) is 6.22. The third kappa shape index (κ3) is 2.15. The highest BCUT2D eigenvalue weighted by Gasteiger charge is 2.12. The Bertz CT molecular complexity index is 617. The Balaban J connectivity index is 2.48. The van der Waals surface area contributed by atoms with E-state index in [-0.39, 0.29) is 0 Å². The molecule has 0 unspecified atom stereocenters. The third-order valence-electron chi connectivity index (χ3n) is 2.31. The van der Waals surface area contributed by atoms with Crippen LogP contribution in [0.3, 0.4) is 0 Å². The number of aromatic nitrogens is 1. The van der Waals surface area contributed by atoms with Crippen molar-refractivity contribution in [1.29, 1.82) is 0 Å². The van der Waals surface area contributed by atoms with Gasteiger partial charge in [0.15, 0.2) is 0 Å². The summed E-state index contributed by atoms with van der Waals surface area (Å²) in [6.45, 7) is 0. The molecule has 0 saturated carbocycles. The van der Waals surface area contributed by atoms with Gasteiger partial charge in [0.25, 0.3) is 0 Å². The number of pyridine rings is 1. The van der Waals surface area contributed by atoms with E-state index in [2.05, 4.69) is 4.98 Å². The Morgan fingerprint density at radius 2 is 1.76 bits per heavy atom. The zero-order valence-electron chi connectivity index (χ0n) is 8.71. The molecule has 2 aromatic rings. The number of nitrogens with zero attached hydrogens (tertiary/aromatic N) is 1. The van der Waals surface area contributed by atoms with Crippen LogP contribution in [0.2, 0.25) is 0 Å². The summed E-state index contributed by atoms with van der Waals surface area (Å²) in [6, 6.07) is 9.51. The summed E-state index contributed by atoms with van der Waals surface area (Å²) in [6.07, 6.45) is 0. The number of nitro groups is 1. The lowest BCUT2D eigenvalue weighted by molar-refractivity contribution is -0.386. The molecule has 17 heavy (non-hydrogen) atoms. The molecule has 6 nitrogen and oxygen atoms in total. The van der Waals surface area contributed by atoms with E-state index in [9.17, 15) is 14.9 Å². The largest absolute Gasteiger partial charge is 0.399 e. The Morgan fingerprint density at radius 3 is 2.29 bits per heavy atom. The molecule has 1 aromatic carbocycles. The Hall–Kier alpha value is -2.63. The highest BCUT2D eigenvalue weighted by Crippen LogP contribution is 2.18. The van der Waals surface area contributed by atoms with Crippen LogP contribution in [-0.2, 0) is 0 Å². The minimum absolute atomic E-state index is 0.468. The van der Waals surface area contributed by atoms with Crippen molar-refractivity contribution in [2.45, 2.75) is 0 Å². The van der Waals surface area contributed by atoms with Gasteiger partial charge in [0.1, 0.15) is 0 Å². The Labute approximate surface area is 95.9 Å². The molecule has 0 fully saturated rings. The average Bonchev–Trinajstić information content (AvgIpc) is 2.29. The normalized spacial score (nSPS) is 10.1. The van der Waals surface area contributed by atoms with Crippen LogP contribution in [0.1, 0.15) is 0 Å². The minimum atomic E-state index is -0.718. The summed E-state index contributed by atoms with van der Waals surface area (Å²) in [5, 5.41) is 10.5. The fourth-order valence-corrected chi connectivity index (χ4v) is 1.44. The average molecular weight is 231 g/mol. The number of nitrogens with one attached hydrogen (secondary N) is 1. The molecule has 3 N–H and O–H groups in total. The summed E-state index contributed by atoms with van der Waals surface area (Å²) in [4.78, 5) is 23.6. The second-order valence-electron chi connectivity index (χ2n) is 3.47. The molecule has 0 saturated heterocycles. The molecule has 0 radical (unpaired) electrons. The molecule has 1 aromatic heterocycles. The molecular formula is C11H9N3O3. The molecular weight excluding hydrogens is 222 g/mol. The summed E-state index contributed by atoms with van der Waals surface area (Å²) in [7, 11) is 0. The van der Waals surface area contributed by atoms with Crippen LogP contribution >= 0.6 is 0 Å². The van der Waals surface area contributed by atoms with Crippen LogP contribution in [0.5, 0.6) is 0 Å². The first-order valence-electron chi connectivity index (χ1n) is 4.81. The first-order chi connectivity index (χ1) is 8.08. The van der Waals surface area contributed by atoms with Crippen molar-refractivity contribution in [1.82, 2.24) is 4.98 Å². The lowest BCUT2D eigenvalue weighted by Crippen LogP contribution is -2.11. The second kappa shape index (κ2) is 4.09. The molecule has 0 bridgehead atoms. The SMILES string of the molecule is Nc1ccc(-c2ccc([N+](=O)[O-])c(=O)[nH]2)cc1. The molecule has 0 aliphatic heterocycles. The van der Waals surface area contributed by atoms with Gasteiger partial charge in [-0.3, -0.25) is 14.9 Å². The van der Waals surface area contributed by atoms with Crippen LogP contribution in [0.4, 0.5) is 11.4 Å². The van der Waals surface area contributed by atoms with Crippen LogP contribution in [0.15, 0.2) is 41.2 Å². The molecule has 1 heterocycles. The third-order valence-corrected chi connectivity index (χ3v) is 2.31.